The van der Waals surface area contributed by atoms with Crippen LogP contribution in [0.25, 0.3) is 5.57 Å². The number of hydrogen-bond acceptors (Lipinski definition) is 8. The SMILES string of the molecule is CC1(Cl)C(c2ccccc2)=CC=CC1(COc1ccc2c(c1C#N)CC[C@H]2N1CC[C@@H](C(=O)O)C1)Nc1cc(CN2CC[C@@H](O)C2)ccn1. The number of fused-ring (bicyclic) bond motifs is 1. The molecule has 3 heterocycles. The van der Waals surface area contributed by atoms with E-state index in [0.717, 1.165) is 60.2 Å². The number of ether oxygens (including phenoxy) is 1. The molecular formula is C39H42ClN5O4. The van der Waals surface area contributed by atoms with Crippen molar-refractivity contribution in [2.75, 3.05) is 38.1 Å². The summed E-state index contributed by atoms with van der Waals surface area (Å²) in [6.45, 7) is 5.57. The van der Waals surface area contributed by atoms with Crippen LogP contribution in [-0.2, 0) is 17.8 Å². The highest BCUT2D eigenvalue weighted by atomic mass is 35.5. The molecule has 0 amide bonds. The molecule has 0 bridgehead atoms. The van der Waals surface area contributed by atoms with Gasteiger partial charge in [0.2, 0.25) is 0 Å². The number of benzene rings is 2. The van der Waals surface area contributed by atoms with E-state index in [1.54, 1.807) is 6.20 Å². The van der Waals surface area contributed by atoms with Crippen molar-refractivity contribution >= 4 is 29.0 Å². The summed E-state index contributed by atoms with van der Waals surface area (Å²) in [5.41, 5.74) is 4.61. The minimum absolute atomic E-state index is 0.0988. The van der Waals surface area contributed by atoms with Crippen LogP contribution < -0.4 is 10.1 Å². The summed E-state index contributed by atoms with van der Waals surface area (Å²) in [6.07, 6.45) is 10.6. The standard InChI is InChI=1S/C39H42ClN5O4/c1-38(40)33(27-6-3-2-4-7-27)8-5-16-39(38,43-36-20-26(13-17-42-36)22-44-18-15-29(46)24-44)25-49-35-12-10-31-30(32(35)21-41)9-11-34(31)45-19-14-28(23-45)37(47)48/h2-8,10,12-13,16-17,20,28-29,34,46H,9,11,14-15,18-19,22-25H2,1H3,(H,42,43)(H,47,48)/t28-,29-,34-,38?,39?/m1/s1. The van der Waals surface area contributed by atoms with Gasteiger partial charge in [0, 0.05) is 38.4 Å². The molecule has 9 nitrogen and oxygen atoms in total. The van der Waals surface area contributed by atoms with Gasteiger partial charge in [-0.1, -0.05) is 54.6 Å². The summed E-state index contributed by atoms with van der Waals surface area (Å²) in [6, 6.07) is 20.5. The number of aliphatic hydroxyl groups excluding tert-OH is 1. The third-order valence-corrected chi connectivity index (χ3v) is 11.4. The Balaban J connectivity index is 1.18. The number of nitrogens with one attached hydrogen (secondary N) is 1. The molecule has 1 aromatic heterocycles. The third kappa shape index (κ3) is 6.47. The summed E-state index contributed by atoms with van der Waals surface area (Å²) < 4.78 is 6.64. The number of anilines is 1. The summed E-state index contributed by atoms with van der Waals surface area (Å²) in [4.78, 5) is 19.8. The normalized spacial score (nSPS) is 28.2. The molecule has 0 spiro atoms. The first-order valence-corrected chi connectivity index (χ1v) is 17.5. The van der Waals surface area contributed by atoms with Crippen molar-refractivity contribution in [3.63, 3.8) is 0 Å². The third-order valence-electron chi connectivity index (χ3n) is 10.8. The Morgan fingerprint density at radius 2 is 1.98 bits per heavy atom. The van der Waals surface area contributed by atoms with E-state index < -0.39 is 16.4 Å². The number of aliphatic carboxylic acids is 1. The van der Waals surface area contributed by atoms with E-state index in [-0.39, 0.29) is 24.7 Å². The summed E-state index contributed by atoms with van der Waals surface area (Å²) >= 11 is 7.66. The van der Waals surface area contributed by atoms with Crippen molar-refractivity contribution in [1.82, 2.24) is 14.8 Å². The van der Waals surface area contributed by atoms with Crippen LogP contribution in [0.5, 0.6) is 5.75 Å². The molecule has 2 aromatic carbocycles. The Hall–Kier alpha value is -4.20. The largest absolute Gasteiger partial charge is 0.489 e. The first-order valence-electron chi connectivity index (χ1n) is 17.1. The highest BCUT2D eigenvalue weighted by molar-refractivity contribution is 6.32. The molecule has 2 fully saturated rings. The molecule has 10 heteroatoms. The van der Waals surface area contributed by atoms with Crippen molar-refractivity contribution in [3.05, 3.63) is 107 Å². The Morgan fingerprint density at radius 3 is 2.71 bits per heavy atom. The number of carboxylic acids is 1. The molecular weight excluding hydrogens is 638 g/mol. The Bertz CT molecular complexity index is 1820. The maximum Gasteiger partial charge on any atom is 0.307 e. The van der Waals surface area contributed by atoms with Gasteiger partial charge >= 0.3 is 5.97 Å². The van der Waals surface area contributed by atoms with Crippen LogP contribution in [0.4, 0.5) is 5.82 Å². The van der Waals surface area contributed by atoms with E-state index in [9.17, 15) is 20.3 Å². The number of alkyl halides is 1. The predicted octanol–water partition coefficient (Wildman–Crippen LogP) is 5.79. The van der Waals surface area contributed by atoms with E-state index >= 15 is 0 Å². The first-order chi connectivity index (χ1) is 23.7. The second-order valence-electron chi connectivity index (χ2n) is 13.9. The number of carboxylic acid groups (broad SMARTS) is 1. The Kier molecular flexibility index (Phi) is 9.25. The molecule has 2 unspecified atom stereocenters. The number of pyridine rings is 1. The lowest BCUT2D eigenvalue weighted by molar-refractivity contribution is -0.141. The van der Waals surface area contributed by atoms with Crippen molar-refractivity contribution in [3.8, 4) is 11.8 Å². The van der Waals surface area contributed by atoms with Crippen molar-refractivity contribution in [2.45, 2.75) is 61.7 Å². The monoisotopic (exact) mass is 679 g/mol. The van der Waals surface area contributed by atoms with Gasteiger partial charge in [-0.2, -0.15) is 5.26 Å². The average Bonchev–Trinajstić information content (AvgIpc) is 3.85. The van der Waals surface area contributed by atoms with Gasteiger partial charge < -0.3 is 20.3 Å². The number of halogens is 1. The lowest BCUT2D eigenvalue weighted by Crippen LogP contribution is -2.58. The minimum Gasteiger partial charge on any atom is -0.489 e. The van der Waals surface area contributed by atoms with E-state index in [1.807, 2.05) is 79.7 Å². The lowest BCUT2D eigenvalue weighted by Gasteiger charge is -2.46. The fourth-order valence-corrected chi connectivity index (χ4v) is 8.39. The Labute approximate surface area is 292 Å². The second kappa shape index (κ2) is 13.6. The fraction of sp³-hybridized carbons (Fsp3) is 0.410. The van der Waals surface area contributed by atoms with Crippen LogP contribution in [0.3, 0.4) is 0 Å². The molecule has 2 saturated heterocycles. The summed E-state index contributed by atoms with van der Waals surface area (Å²) in [5.74, 6) is 0.0527. The van der Waals surface area contributed by atoms with Crippen LogP contribution in [0, 0.1) is 17.2 Å². The van der Waals surface area contributed by atoms with Crippen LogP contribution >= 0.6 is 11.6 Å². The van der Waals surface area contributed by atoms with Crippen molar-refractivity contribution in [2.24, 2.45) is 5.92 Å². The van der Waals surface area contributed by atoms with Crippen LogP contribution in [0.1, 0.15) is 60.0 Å². The van der Waals surface area contributed by atoms with Gasteiger partial charge in [0.25, 0.3) is 0 Å². The Morgan fingerprint density at radius 1 is 1.14 bits per heavy atom. The quantitative estimate of drug-likeness (QED) is 0.229. The predicted molar refractivity (Wildman–Crippen MR) is 189 cm³/mol. The van der Waals surface area contributed by atoms with Gasteiger partial charge in [-0.15, -0.1) is 11.6 Å². The van der Waals surface area contributed by atoms with E-state index in [1.165, 1.54) is 0 Å². The van der Waals surface area contributed by atoms with Gasteiger partial charge in [-0.25, -0.2) is 4.98 Å². The van der Waals surface area contributed by atoms with E-state index in [0.29, 0.717) is 43.2 Å². The number of nitriles is 1. The topological polar surface area (TPSA) is 122 Å². The minimum atomic E-state index is -0.995. The first kappa shape index (κ1) is 33.3. The molecule has 254 valence electrons. The number of hydrogen-bond donors (Lipinski definition) is 3. The number of β-amino-alcohol motifs (C(OH)–C–C–N with tert-alkyl or cyclic N) is 1. The number of aromatic nitrogens is 1. The number of likely N-dealkylation sites (tertiary alicyclic amines) is 2. The van der Waals surface area contributed by atoms with Crippen LogP contribution in [0.2, 0.25) is 0 Å². The smallest absolute Gasteiger partial charge is 0.307 e. The molecule has 49 heavy (non-hydrogen) atoms. The molecule has 5 atom stereocenters. The zero-order valence-electron chi connectivity index (χ0n) is 27.7. The average molecular weight is 680 g/mol. The fourth-order valence-electron chi connectivity index (χ4n) is 8.06. The van der Waals surface area contributed by atoms with Crippen molar-refractivity contribution < 1.29 is 19.7 Å². The molecule has 0 saturated carbocycles. The molecule has 3 aromatic rings. The van der Waals surface area contributed by atoms with Crippen molar-refractivity contribution in [1.29, 1.82) is 5.26 Å². The van der Waals surface area contributed by atoms with Gasteiger partial charge in [0.1, 0.15) is 29.8 Å². The maximum absolute atomic E-state index is 11.6. The maximum atomic E-state index is 11.6. The van der Waals surface area contributed by atoms with E-state index in [2.05, 4.69) is 26.2 Å². The van der Waals surface area contributed by atoms with Gasteiger partial charge in [-0.3, -0.25) is 14.6 Å². The number of rotatable bonds is 10. The van der Waals surface area contributed by atoms with Crippen LogP contribution in [-0.4, -0.2) is 80.3 Å². The molecule has 0 radical (unpaired) electrons. The van der Waals surface area contributed by atoms with E-state index in [4.69, 9.17) is 16.3 Å². The molecule has 4 aliphatic rings. The molecule has 3 N–H and O–H groups in total. The van der Waals surface area contributed by atoms with Gasteiger partial charge in [0.15, 0.2) is 0 Å². The highest BCUT2D eigenvalue weighted by Gasteiger charge is 2.51. The molecule has 7 rings (SSSR count). The highest BCUT2D eigenvalue weighted by Crippen LogP contribution is 2.47. The molecule has 2 aliphatic heterocycles. The van der Waals surface area contributed by atoms with Gasteiger partial charge in [-0.05, 0) is 85.2 Å². The number of nitrogens with zero attached hydrogens (tertiary/aromatic N) is 4. The van der Waals surface area contributed by atoms with Gasteiger partial charge in [0.05, 0.1) is 22.5 Å². The second-order valence-corrected chi connectivity index (χ2v) is 14.7. The van der Waals surface area contributed by atoms with Crippen LogP contribution in [0.15, 0.2) is 79.0 Å². The zero-order valence-corrected chi connectivity index (χ0v) is 28.4. The summed E-state index contributed by atoms with van der Waals surface area (Å²) in [7, 11) is 0. The lowest BCUT2D eigenvalue weighted by atomic mass is 9.74. The summed E-state index contributed by atoms with van der Waals surface area (Å²) in [5, 5.41) is 33.7. The number of carbonyl (C=O) groups is 1. The number of allylic oxidation sites excluding steroid dienone is 2. The zero-order chi connectivity index (χ0) is 34.2. The number of aliphatic hydroxyl groups is 1. The molecule has 2 aliphatic carbocycles.